The summed E-state index contributed by atoms with van der Waals surface area (Å²) in [6, 6.07) is 5.65. The highest BCUT2D eigenvalue weighted by Gasteiger charge is 2.43. The van der Waals surface area contributed by atoms with E-state index < -0.39 is 0 Å². The number of hydrogen-bond donors (Lipinski definition) is 1. The lowest BCUT2D eigenvalue weighted by Crippen LogP contribution is -2.46. The minimum Gasteiger partial charge on any atom is -0.373 e. The number of carbonyl (C=O) groups excluding carboxylic acids is 1. The molecule has 1 atom stereocenters. The molecule has 1 amide bonds. The highest BCUT2D eigenvalue weighted by atomic mass is 16.5. The average molecular weight is 339 g/mol. The molecule has 2 aromatic rings. The molecule has 2 aromatic heterocycles. The Morgan fingerprint density at radius 1 is 1.20 bits per heavy atom. The molecule has 7 heteroatoms. The Morgan fingerprint density at radius 2 is 2.08 bits per heavy atom. The van der Waals surface area contributed by atoms with Crippen LogP contribution in [-0.2, 0) is 4.74 Å². The number of ether oxygens (including phenoxy) is 1. The SMILES string of the molecule is O=C(c1ccccn1)N1CCC2(CC1)C[C@H](Nc1cnccn1)CO2. The molecule has 0 saturated carbocycles. The number of anilines is 1. The Balaban J connectivity index is 1.33. The first-order chi connectivity index (χ1) is 12.2. The van der Waals surface area contributed by atoms with Crippen molar-refractivity contribution in [1.29, 1.82) is 0 Å². The van der Waals surface area contributed by atoms with Crippen LogP contribution in [0.5, 0.6) is 0 Å². The van der Waals surface area contributed by atoms with Gasteiger partial charge in [-0.3, -0.25) is 14.8 Å². The maximum Gasteiger partial charge on any atom is 0.272 e. The minimum atomic E-state index is -0.138. The minimum absolute atomic E-state index is 0.00248. The van der Waals surface area contributed by atoms with Gasteiger partial charge in [-0.1, -0.05) is 6.07 Å². The molecular formula is C18H21N5O2. The summed E-state index contributed by atoms with van der Waals surface area (Å²) in [5, 5.41) is 3.38. The molecule has 0 unspecified atom stereocenters. The normalized spacial score (nSPS) is 22.1. The third-order valence-corrected chi connectivity index (χ3v) is 4.97. The second-order valence-electron chi connectivity index (χ2n) is 6.64. The number of amides is 1. The Bertz CT molecular complexity index is 717. The molecule has 0 aliphatic carbocycles. The molecule has 2 aliphatic rings. The number of rotatable bonds is 3. The molecule has 1 spiro atoms. The summed E-state index contributed by atoms with van der Waals surface area (Å²) in [7, 11) is 0. The Labute approximate surface area is 146 Å². The van der Waals surface area contributed by atoms with Crippen LogP contribution in [0.4, 0.5) is 5.82 Å². The lowest BCUT2D eigenvalue weighted by Gasteiger charge is -2.38. The molecule has 0 aromatic carbocycles. The number of nitrogens with one attached hydrogen (secondary N) is 1. The summed E-state index contributed by atoms with van der Waals surface area (Å²) in [6.07, 6.45) is 9.34. The molecule has 0 radical (unpaired) electrons. The number of hydrogen-bond acceptors (Lipinski definition) is 6. The molecule has 4 rings (SSSR count). The molecule has 4 heterocycles. The maximum absolute atomic E-state index is 12.5. The Kier molecular flexibility index (Phi) is 4.31. The lowest BCUT2D eigenvalue weighted by atomic mass is 9.87. The van der Waals surface area contributed by atoms with Crippen LogP contribution in [0.25, 0.3) is 0 Å². The van der Waals surface area contributed by atoms with E-state index >= 15 is 0 Å². The number of likely N-dealkylation sites (tertiary alicyclic amines) is 1. The van der Waals surface area contributed by atoms with Gasteiger partial charge < -0.3 is 15.0 Å². The van der Waals surface area contributed by atoms with E-state index in [0.29, 0.717) is 25.4 Å². The third-order valence-electron chi connectivity index (χ3n) is 4.97. The van der Waals surface area contributed by atoms with Crippen molar-refractivity contribution in [2.75, 3.05) is 25.0 Å². The zero-order chi connectivity index (χ0) is 17.1. The van der Waals surface area contributed by atoms with Crippen molar-refractivity contribution in [3.63, 3.8) is 0 Å². The smallest absolute Gasteiger partial charge is 0.272 e. The molecule has 25 heavy (non-hydrogen) atoms. The number of nitrogens with zero attached hydrogens (tertiary/aromatic N) is 4. The second-order valence-corrected chi connectivity index (χ2v) is 6.64. The van der Waals surface area contributed by atoms with Crippen molar-refractivity contribution < 1.29 is 9.53 Å². The van der Waals surface area contributed by atoms with Gasteiger partial charge in [0.25, 0.3) is 5.91 Å². The van der Waals surface area contributed by atoms with Crippen molar-refractivity contribution in [3.8, 4) is 0 Å². The van der Waals surface area contributed by atoms with Crippen LogP contribution in [-0.4, -0.2) is 57.1 Å². The van der Waals surface area contributed by atoms with Crippen LogP contribution in [0.15, 0.2) is 43.0 Å². The van der Waals surface area contributed by atoms with Crippen molar-refractivity contribution in [2.24, 2.45) is 0 Å². The standard InChI is InChI=1S/C18H21N5O2/c24-17(15-3-1-2-6-20-15)23-9-4-18(5-10-23)11-14(13-25-18)22-16-12-19-7-8-21-16/h1-3,6-8,12,14H,4-5,9-11,13H2,(H,21,22)/t14-/m0/s1. The highest BCUT2D eigenvalue weighted by molar-refractivity contribution is 5.92. The quantitative estimate of drug-likeness (QED) is 0.918. The van der Waals surface area contributed by atoms with E-state index in [4.69, 9.17) is 4.74 Å². The fourth-order valence-electron chi connectivity index (χ4n) is 3.64. The van der Waals surface area contributed by atoms with Gasteiger partial charge in [0.05, 0.1) is 24.4 Å². The summed E-state index contributed by atoms with van der Waals surface area (Å²) < 4.78 is 6.14. The van der Waals surface area contributed by atoms with Crippen molar-refractivity contribution >= 4 is 11.7 Å². The summed E-state index contributed by atoms with van der Waals surface area (Å²) in [4.78, 5) is 26.9. The van der Waals surface area contributed by atoms with E-state index in [1.807, 2.05) is 17.0 Å². The zero-order valence-electron chi connectivity index (χ0n) is 14.0. The van der Waals surface area contributed by atoms with Crippen molar-refractivity contribution in [2.45, 2.75) is 30.9 Å². The summed E-state index contributed by atoms with van der Waals surface area (Å²) >= 11 is 0. The summed E-state index contributed by atoms with van der Waals surface area (Å²) in [5.41, 5.74) is 0.369. The number of aromatic nitrogens is 3. The molecule has 2 aliphatic heterocycles. The van der Waals surface area contributed by atoms with Gasteiger partial charge in [-0.15, -0.1) is 0 Å². The predicted molar refractivity (Wildman–Crippen MR) is 92.1 cm³/mol. The number of piperidine rings is 1. The highest BCUT2D eigenvalue weighted by Crippen LogP contribution is 2.37. The zero-order valence-corrected chi connectivity index (χ0v) is 14.0. The maximum atomic E-state index is 12.5. The van der Waals surface area contributed by atoms with Gasteiger partial charge in [0, 0.05) is 31.7 Å². The van der Waals surface area contributed by atoms with Crippen molar-refractivity contribution in [1.82, 2.24) is 19.9 Å². The first-order valence-electron chi connectivity index (χ1n) is 8.61. The molecule has 130 valence electrons. The molecule has 2 fully saturated rings. The molecule has 7 nitrogen and oxygen atoms in total. The van der Waals surface area contributed by atoms with Gasteiger partial charge in [0.15, 0.2) is 0 Å². The van der Waals surface area contributed by atoms with E-state index in [-0.39, 0.29) is 17.6 Å². The van der Waals surface area contributed by atoms with E-state index in [0.717, 1.165) is 25.1 Å². The topological polar surface area (TPSA) is 80.2 Å². The summed E-state index contributed by atoms with van der Waals surface area (Å²) in [6.45, 7) is 2.06. The Hall–Kier alpha value is -2.54. The van der Waals surface area contributed by atoms with Crippen LogP contribution < -0.4 is 5.32 Å². The van der Waals surface area contributed by atoms with Gasteiger partial charge in [0.1, 0.15) is 11.5 Å². The Morgan fingerprint density at radius 3 is 2.80 bits per heavy atom. The predicted octanol–water partition coefficient (Wildman–Crippen LogP) is 1.75. The van der Waals surface area contributed by atoms with E-state index in [9.17, 15) is 4.79 Å². The second kappa shape index (κ2) is 6.76. The number of pyridine rings is 1. The van der Waals surface area contributed by atoms with Gasteiger partial charge in [0.2, 0.25) is 0 Å². The average Bonchev–Trinajstić information content (AvgIpc) is 3.05. The lowest BCUT2D eigenvalue weighted by molar-refractivity contribution is -0.0389. The van der Waals surface area contributed by atoms with E-state index in [2.05, 4.69) is 20.3 Å². The van der Waals surface area contributed by atoms with Gasteiger partial charge in [-0.25, -0.2) is 4.98 Å². The first kappa shape index (κ1) is 16.0. The van der Waals surface area contributed by atoms with Gasteiger partial charge in [-0.05, 0) is 31.4 Å². The molecule has 2 saturated heterocycles. The molecular weight excluding hydrogens is 318 g/mol. The third kappa shape index (κ3) is 3.46. The van der Waals surface area contributed by atoms with Gasteiger partial charge >= 0.3 is 0 Å². The van der Waals surface area contributed by atoms with Crippen LogP contribution in [0.1, 0.15) is 29.8 Å². The fourth-order valence-corrected chi connectivity index (χ4v) is 3.64. The number of carbonyl (C=O) groups is 1. The van der Waals surface area contributed by atoms with Crippen LogP contribution in [0, 0.1) is 0 Å². The first-order valence-corrected chi connectivity index (χ1v) is 8.61. The van der Waals surface area contributed by atoms with Gasteiger partial charge in [-0.2, -0.15) is 0 Å². The largest absolute Gasteiger partial charge is 0.373 e. The van der Waals surface area contributed by atoms with E-state index in [1.54, 1.807) is 30.9 Å². The van der Waals surface area contributed by atoms with Crippen LogP contribution in [0.2, 0.25) is 0 Å². The summed E-state index contributed by atoms with van der Waals surface area (Å²) in [5.74, 6) is 0.776. The van der Waals surface area contributed by atoms with E-state index in [1.165, 1.54) is 0 Å². The molecule has 0 bridgehead atoms. The monoisotopic (exact) mass is 339 g/mol. The molecule has 1 N–H and O–H groups in total. The van der Waals surface area contributed by atoms with Crippen LogP contribution >= 0.6 is 0 Å². The van der Waals surface area contributed by atoms with Crippen LogP contribution in [0.3, 0.4) is 0 Å². The fraction of sp³-hybridized carbons (Fsp3) is 0.444. The van der Waals surface area contributed by atoms with Crippen molar-refractivity contribution in [3.05, 3.63) is 48.7 Å².